The minimum atomic E-state index is -0.892. The van der Waals surface area contributed by atoms with Crippen LogP contribution in [-0.4, -0.2) is 11.1 Å². The molecule has 0 saturated carbocycles. The Morgan fingerprint density at radius 2 is 1.88 bits per heavy atom. The zero-order valence-corrected chi connectivity index (χ0v) is 9.60. The van der Waals surface area contributed by atoms with Crippen molar-refractivity contribution >= 4 is 5.97 Å². The molecule has 0 fully saturated rings. The normalized spacial score (nSPS) is 10.2. The first-order chi connectivity index (χ1) is 8.09. The van der Waals surface area contributed by atoms with Gasteiger partial charge in [-0.05, 0) is 42.2 Å². The van der Waals surface area contributed by atoms with Gasteiger partial charge in [-0.1, -0.05) is 36.4 Å². The summed E-state index contributed by atoms with van der Waals surface area (Å²) < 4.78 is 0. The largest absolute Gasteiger partial charge is 0.478 e. The third kappa shape index (κ3) is 2.21. The summed E-state index contributed by atoms with van der Waals surface area (Å²) in [4.78, 5) is 10.9. The molecule has 0 aromatic heterocycles. The molecule has 0 amide bonds. The van der Waals surface area contributed by atoms with Crippen molar-refractivity contribution in [2.75, 3.05) is 0 Å². The molecular weight excluding hydrogens is 212 g/mol. The Labute approximate surface area is 101 Å². The van der Waals surface area contributed by atoms with Crippen LogP contribution in [0.25, 0.3) is 11.1 Å². The van der Waals surface area contributed by atoms with Crippen molar-refractivity contribution in [2.24, 2.45) is 0 Å². The zero-order valence-electron chi connectivity index (χ0n) is 9.60. The summed E-state index contributed by atoms with van der Waals surface area (Å²) in [5, 5.41) is 8.97. The highest BCUT2D eigenvalue weighted by Crippen LogP contribution is 2.25. The van der Waals surface area contributed by atoms with Gasteiger partial charge in [0.1, 0.15) is 0 Å². The fraction of sp³-hybridized carbons (Fsp3) is 0.0667. The van der Waals surface area contributed by atoms with Crippen molar-refractivity contribution in [1.29, 1.82) is 0 Å². The molecule has 2 rings (SSSR count). The summed E-state index contributed by atoms with van der Waals surface area (Å²) in [6, 6.07) is 13.1. The van der Waals surface area contributed by atoms with Crippen LogP contribution in [0.2, 0.25) is 0 Å². The van der Waals surface area contributed by atoms with Crippen LogP contribution in [0.5, 0.6) is 0 Å². The Kier molecular flexibility index (Phi) is 2.96. The average Bonchev–Trinajstić information content (AvgIpc) is 2.29. The van der Waals surface area contributed by atoms with Crippen LogP contribution in [0, 0.1) is 13.8 Å². The van der Waals surface area contributed by atoms with Crippen molar-refractivity contribution in [3.8, 4) is 11.1 Å². The Morgan fingerprint density at radius 3 is 2.47 bits per heavy atom. The van der Waals surface area contributed by atoms with Gasteiger partial charge in [0.15, 0.2) is 0 Å². The minimum Gasteiger partial charge on any atom is -0.478 e. The lowest BCUT2D eigenvalue weighted by Crippen LogP contribution is -1.99. The van der Waals surface area contributed by atoms with Crippen LogP contribution in [0.3, 0.4) is 0 Å². The SMILES string of the molecule is [CH2]c1ccccc1-c1ccc(C(=O)O)c(C)c1. The number of carboxylic acid groups (broad SMARTS) is 1. The molecule has 0 heterocycles. The van der Waals surface area contributed by atoms with Gasteiger partial charge in [0, 0.05) is 0 Å². The van der Waals surface area contributed by atoms with Gasteiger partial charge in [0.05, 0.1) is 5.56 Å². The fourth-order valence-corrected chi connectivity index (χ4v) is 1.87. The maximum absolute atomic E-state index is 10.9. The van der Waals surface area contributed by atoms with Crippen LogP contribution in [0.1, 0.15) is 21.5 Å². The predicted octanol–water partition coefficient (Wildman–Crippen LogP) is 3.54. The highest BCUT2D eigenvalue weighted by molar-refractivity contribution is 5.90. The number of benzene rings is 2. The molecule has 2 aromatic carbocycles. The summed E-state index contributed by atoms with van der Waals surface area (Å²) in [6.45, 7) is 5.77. The van der Waals surface area contributed by atoms with E-state index in [0.29, 0.717) is 5.56 Å². The second kappa shape index (κ2) is 4.42. The molecule has 0 atom stereocenters. The van der Waals surface area contributed by atoms with E-state index < -0.39 is 5.97 Å². The molecule has 0 saturated heterocycles. The van der Waals surface area contributed by atoms with Crippen molar-refractivity contribution in [3.63, 3.8) is 0 Å². The third-order valence-corrected chi connectivity index (χ3v) is 2.79. The van der Waals surface area contributed by atoms with Crippen molar-refractivity contribution in [3.05, 3.63) is 66.1 Å². The molecular formula is C15H13O2. The molecule has 0 aliphatic heterocycles. The van der Waals surface area contributed by atoms with E-state index in [0.717, 1.165) is 22.3 Å². The van der Waals surface area contributed by atoms with Gasteiger partial charge in [-0.3, -0.25) is 0 Å². The number of rotatable bonds is 2. The van der Waals surface area contributed by atoms with Gasteiger partial charge in [0.2, 0.25) is 0 Å². The van der Waals surface area contributed by atoms with Gasteiger partial charge in [-0.15, -0.1) is 0 Å². The molecule has 2 heteroatoms. The number of aromatic carboxylic acids is 1. The van der Waals surface area contributed by atoms with Gasteiger partial charge in [0.25, 0.3) is 0 Å². The summed E-state index contributed by atoms with van der Waals surface area (Å²) in [5.74, 6) is -0.892. The second-order valence-electron chi connectivity index (χ2n) is 3.99. The first-order valence-electron chi connectivity index (χ1n) is 5.35. The number of aryl methyl sites for hydroxylation is 1. The molecule has 85 valence electrons. The number of carboxylic acids is 1. The zero-order chi connectivity index (χ0) is 12.4. The molecule has 0 unspecified atom stereocenters. The smallest absolute Gasteiger partial charge is 0.335 e. The number of hydrogen-bond donors (Lipinski definition) is 1. The second-order valence-corrected chi connectivity index (χ2v) is 3.99. The maximum Gasteiger partial charge on any atom is 0.335 e. The lowest BCUT2D eigenvalue weighted by Gasteiger charge is -2.08. The highest BCUT2D eigenvalue weighted by atomic mass is 16.4. The molecule has 1 radical (unpaired) electrons. The van der Waals surface area contributed by atoms with Crippen LogP contribution in [0.4, 0.5) is 0 Å². The molecule has 17 heavy (non-hydrogen) atoms. The van der Waals surface area contributed by atoms with Crippen molar-refractivity contribution < 1.29 is 9.90 Å². The molecule has 0 spiro atoms. The summed E-state index contributed by atoms with van der Waals surface area (Å²) >= 11 is 0. The Bertz CT molecular complexity index is 571. The van der Waals surface area contributed by atoms with E-state index in [4.69, 9.17) is 5.11 Å². The molecule has 2 nitrogen and oxygen atoms in total. The summed E-state index contributed by atoms with van der Waals surface area (Å²) in [5.41, 5.74) is 4.08. The third-order valence-electron chi connectivity index (χ3n) is 2.79. The molecule has 2 aromatic rings. The lowest BCUT2D eigenvalue weighted by atomic mass is 9.97. The van der Waals surface area contributed by atoms with Crippen molar-refractivity contribution in [2.45, 2.75) is 6.92 Å². The highest BCUT2D eigenvalue weighted by Gasteiger charge is 2.08. The lowest BCUT2D eigenvalue weighted by molar-refractivity contribution is 0.0696. The van der Waals surface area contributed by atoms with Gasteiger partial charge in [-0.2, -0.15) is 0 Å². The van der Waals surface area contributed by atoms with E-state index in [1.807, 2.05) is 36.4 Å². The number of carbonyl (C=O) groups is 1. The molecule has 0 bridgehead atoms. The monoisotopic (exact) mass is 225 g/mol. The van der Waals surface area contributed by atoms with Crippen molar-refractivity contribution in [1.82, 2.24) is 0 Å². The van der Waals surface area contributed by atoms with E-state index in [1.54, 1.807) is 13.0 Å². The van der Waals surface area contributed by atoms with Gasteiger partial charge in [-0.25, -0.2) is 4.79 Å². The first-order valence-corrected chi connectivity index (χ1v) is 5.35. The van der Waals surface area contributed by atoms with E-state index in [9.17, 15) is 4.79 Å². The van der Waals surface area contributed by atoms with E-state index in [2.05, 4.69) is 6.92 Å². The van der Waals surface area contributed by atoms with E-state index in [-0.39, 0.29) is 0 Å². The standard InChI is InChI=1S/C15H13O2/c1-10-5-3-4-6-13(10)12-7-8-14(15(16)17)11(2)9-12/h3-9H,1H2,2H3,(H,16,17). The summed E-state index contributed by atoms with van der Waals surface area (Å²) in [6.07, 6.45) is 0. The Hall–Kier alpha value is -2.09. The van der Waals surface area contributed by atoms with Crippen LogP contribution >= 0.6 is 0 Å². The maximum atomic E-state index is 10.9. The molecule has 1 N–H and O–H groups in total. The fourth-order valence-electron chi connectivity index (χ4n) is 1.87. The molecule has 0 aliphatic carbocycles. The van der Waals surface area contributed by atoms with Crippen LogP contribution < -0.4 is 0 Å². The Morgan fingerprint density at radius 1 is 1.18 bits per heavy atom. The van der Waals surface area contributed by atoms with E-state index in [1.165, 1.54) is 0 Å². The van der Waals surface area contributed by atoms with E-state index >= 15 is 0 Å². The van der Waals surface area contributed by atoms with Crippen LogP contribution in [0.15, 0.2) is 42.5 Å². The topological polar surface area (TPSA) is 37.3 Å². The number of hydrogen-bond acceptors (Lipinski definition) is 1. The predicted molar refractivity (Wildman–Crippen MR) is 68.0 cm³/mol. The average molecular weight is 225 g/mol. The Balaban J connectivity index is 2.52. The molecule has 0 aliphatic rings. The summed E-state index contributed by atoms with van der Waals surface area (Å²) in [7, 11) is 0. The first kappa shape index (κ1) is 11.4. The quantitative estimate of drug-likeness (QED) is 0.848. The van der Waals surface area contributed by atoms with Gasteiger partial charge >= 0.3 is 5.97 Å². The van der Waals surface area contributed by atoms with Crippen LogP contribution in [-0.2, 0) is 0 Å². The van der Waals surface area contributed by atoms with Gasteiger partial charge < -0.3 is 5.11 Å². The minimum absolute atomic E-state index is 0.343.